The molecule has 0 spiro atoms. The molecule has 8 aromatic rings. The van der Waals surface area contributed by atoms with Gasteiger partial charge in [0.2, 0.25) is 21.8 Å². The molecule has 1 fully saturated rings. The first kappa shape index (κ1) is 78.8. The third-order valence-electron chi connectivity index (χ3n) is 16.2. The van der Waals surface area contributed by atoms with Crippen molar-refractivity contribution in [2.24, 2.45) is 10.4 Å². The molecule has 0 unspecified atom stereocenters. The number of nitrogens with one attached hydrogen (secondary N) is 1. The summed E-state index contributed by atoms with van der Waals surface area (Å²) in [5, 5.41) is 3.73. The van der Waals surface area contributed by atoms with Gasteiger partial charge in [0.1, 0.15) is 43.6 Å². The van der Waals surface area contributed by atoms with Crippen molar-refractivity contribution in [3.8, 4) is 0 Å². The topological polar surface area (TPSA) is 145 Å². The zero-order valence-electron chi connectivity index (χ0n) is 62.9. The van der Waals surface area contributed by atoms with Crippen molar-refractivity contribution in [3.63, 3.8) is 0 Å². The van der Waals surface area contributed by atoms with Gasteiger partial charge in [-0.2, -0.15) is 4.31 Å². The van der Waals surface area contributed by atoms with Gasteiger partial charge in [0.05, 0.1) is 25.3 Å². The average molecular weight is 1420 g/mol. The molecule has 94 heavy (non-hydrogen) atoms. The summed E-state index contributed by atoms with van der Waals surface area (Å²) < 4.78 is 28.7. The SMILES string of the molecule is CC(C)(C)C1=Nc2sc(C(C)(C)C)cc2C1.CC(C)(C)c1cc2sc(C(C)(C)C)nc2s1.CC(C)(C)c1cc2sc(C(C)(C)C)nc2s1.CC(C)N1CC(=O)N(C(C)C)CC1=O.CC(C)c1cc2c(s1)CN(C(C)C)S2(=O)=O.CC(C)c1nc2ccc(C(C)(C)C)cc2[nH]1. The number of carbonyl (C=O) groups is 2. The number of thiazole rings is 2. The molecule has 11 rings (SSSR count). The Balaban J connectivity index is 0.000000179. The molecule has 1 saturated heterocycles. The maximum Gasteiger partial charge on any atom is 0.244 e. The number of hydrogen-bond donors (Lipinski definition) is 1. The van der Waals surface area contributed by atoms with Gasteiger partial charge < -0.3 is 14.8 Å². The molecule has 0 bridgehead atoms. The second-order valence-electron chi connectivity index (χ2n) is 34.0. The highest BCUT2D eigenvalue weighted by Crippen LogP contribution is 2.45. The van der Waals surface area contributed by atoms with Crippen molar-refractivity contribution in [3.05, 3.63) is 93.8 Å². The minimum absolute atomic E-state index is 0.0344. The van der Waals surface area contributed by atoms with Gasteiger partial charge in [-0.1, -0.05) is 179 Å². The number of amides is 2. The Hall–Kier alpha value is -4.21. The second-order valence-corrected chi connectivity index (χ2v) is 42.2. The lowest BCUT2D eigenvalue weighted by atomic mass is 9.87. The van der Waals surface area contributed by atoms with Crippen molar-refractivity contribution in [1.82, 2.24) is 34.0 Å². The van der Waals surface area contributed by atoms with Crippen molar-refractivity contribution >= 4 is 131 Å². The monoisotopic (exact) mass is 1410 g/mol. The summed E-state index contributed by atoms with van der Waals surface area (Å²) in [7, 11) is -3.21. The molecule has 0 radical (unpaired) electrons. The van der Waals surface area contributed by atoms with Crippen LogP contribution in [0.2, 0.25) is 0 Å². The lowest BCUT2D eigenvalue weighted by Crippen LogP contribution is -2.57. The zero-order valence-corrected chi connectivity index (χ0v) is 68.6. The van der Waals surface area contributed by atoms with Crippen LogP contribution in [-0.4, -0.2) is 91.2 Å². The van der Waals surface area contributed by atoms with E-state index in [4.69, 9.17) is 15.0 Å². The molecule has 19 heteroatoms. The molecule has 0 saturated carbocycles. The van der Waals surface area contributed by atoms with E-state index in [1.807, 2.05) is 104 Å². The Morgan fingerprint density at radius 1 is 0.479 bits per heavy atom. The van der Waals surface area contributed by atoms with E-state index in [9.17, 15) is 18.0 Å². The van der Waals surface area contributed by atoms with E-state index in [0.717, 1.165) is 33.0 Å². The van der Waals surface area contributed by atoms with Crippen LogP contribution in [0.1, 0.15) is 278 Å². The molecule has 7 aromatic heterocycles. The highest BCUT2D eigenvalue weighted by atomic mass is 32.2. The molecule has 12 nitrogen and oxygen atoms in total. The number of rotatable bonds is 5. The Morgan fingerprint density at radius 3 is 1.29 bits per heavy atom. The molecule has 10 heterocycles. The number of benzene rings is 1. The number of aromatic nitrogens is 4. The Kier molecular flexibility index (Phi) is 24.6. The Labute approximate surface area is 590 Å². The normalized spacial score (nSPS) is 15.7. The van der Waals surface area contributed by atoms with E-state index in [1.54, 1.807) is 25.4 Å². The lowest BCUT2D eigenvalue weighted by Gasteiger charge is -2.38. The predicted molar refractivity (Wildman–Crippen MR) is 412 cm³/mol. The van der Waals surface area contributed by atoms with Crippen molar-refractivity contribution < 1.29 is 18.0 Å². The minimum atomic E-state index is -3.21. The van der Waals surface area contributed by atoms with Crippen LogP contribution in [0.25, 0.3) is 30.1 Å². The third kappa shape index (κ3) is 19.8. The van der Waals surface area contributed by atoms with Gasteiger partial charge in [0.15, 0.2) is 0 Å². The summed E-state index contributed by atoms with van der Waals surface area (Å²) >= 11 is 10.9. The van der Waals surface area contributed by atoms with E-state index in [2.05, 4.69) is 219 Å². The molecule has 0 aliphatic carbocycles. The first-order valence-electron chi connectivity index (χ1n) is 33.5. The fourth-order valence-corrected chi connectivity index (χ4v) is 19.0. The van der Waals surface area contributed by atoms with E-state index in [-0.39, 0.29) is 80.9 Å². The van der Waals surface area contributed by atoms with E-state index in [1.165, 1.54) is 65.5 Å². The molecule has 1 aromatic carbocycles. The van der Waals surface area contributed by atoms with Gasteiger partial charge in [-0.15, -0.1) is 68.0 Å². The molecule has 0 atom stereocenters. The van der Waals surface area contributed by atoms with Crippen LogP contribution in [0, 0.1) is 5.41 Å². The number of nitrogens with zero attached hydrogens (tertiary/aromatic N) is 7. The number of imidazole rings is 1. The number of H-pyrrole nitrogens is 1. The van der Waals surface area contributed by atoms with Gasteiger partial charge in [0, 0.05) is 83.4 Å². The third-order valence-corrected chi connectivity index (χ3v) is 27.3. The first-order valence-corrected chi connectivity index (χ1v) is 39.8. The van der Waals surface area contributed by atoms with E-state index >= 15 is 0 Å². The Bertz CT molecular complexity index is 3770. The number of hydrogen-bond acceptors (Lipinski definition) is 14. The predicted octanol–water partition coefficient (Wildman–Crippen LogP) is 21.9. The molecular weight excluding hydrogens is 1300 g/mol. The minimum Gasteiger partial charge on any atom is -0.342 e. The summed E-state index contributed by atoms with van der Waals surface area (Å²) in [5.74, 6) is 2.02. The van der Waals surface area contributed by atoms with Crippen molar-refractivity contribution in [2.45, 2.75) is 295 Å². The van der Waals surface area contributed by atoms with E-state index < -0.39 is 10.0 Å². The number of sulfonamides is 1. The fraction of sp³-hybridized carbons (Fsp3) is 0.627. The number of piperazine rings is 1. The number of aliphatic imine (C=N–C) groups is 1. The van der Waals surface area contributed by atoms with Crippen molar-refractivity contribution in [1.29, 1.82) is 0 Å². The Morgan fingerprint density at radius 2 is 0.936 bits per heavy atom. The van der Waals surface area contributed by atoms with Gasteiger partial charge in [-0.05, 0) is 117 Å². The van der Waals surface area contributed by atoms with Crippen LogP contribution in [0.4, 0.5) is 5.00 Å². The molecule has 3 aliphatic heterocycles. The number of aromatic amines is 1. The van der Waals surface area contributed by atoms with Gasteiger partial charge >= 0.3 is 0 Å². The van der Waals surface area contributed by atoms with Crippen LogP contribution in [0.15, 0.2) is 52.4 Å². The molecule has 2 amide bonds. The largest absolute Gasteiger partial charge is 0.342 e. The maximum absolute atomic E-state index is 12.2. The van der Waals surface area contributed by atoms with Crippen LogP contribution >= 0.6 is 68.0 Å². The molecule has 1 N–H and O–H groups in total. The van der Waals surface area contributed by atoms with Crippen LogP contribution in [0.5, 0.6) is 0 Å². The first-order chi connectivity index (χ1) is 42.7. The highest BCUT2D eigenvalue weighted by molar-refractivity contribution is 7.89. The molecule has 3 aliphatic rings. The molecular formula is C75H114N8O4S7. The summed E-state index contributed by atoms with van der Waals surface area (Å²) in [4.78, 5) is 58.2. The van der Waals surface area contributed by atoms with Gasteiger partial charge in [-0.25, -0.2) is 28.4 Å². The van der Waals surface area contributed by atoms with Crippen LogP contribution in [-0.2, 0) is 65.1 Å². The smallest absolute Gasteiger partial charge is 0.244 e. The summed E-state index contributed by atoms with van der Waals surface area (Å²) in [6.45, 7) is 68.1. The number of thiophene rings is 4. The standard InChI is InChI=1S/C14H20N2.C14H21NS.2C13H19NS2.C11H17NO2S2.C10H18N2O2/c1-9(2)13-15-11-7-6-10(14(3,4)5)8-12(11)16-13;1-13(2,3)10-7-9-8-11(14(4,5)6)16-12(9)15-10;2*1-12(2,3)9-7-8-10(16-9)14-11(15-8)13(4,5)6;1-7(2)9-5-11-10(15-9)6-12(8(3)4)16(11,13)14;1-7(2)11-5-10(14)12(8(3)4)6-9(11)13/h6-9H,1-5H3,(H,15,16);8H,7H2,1-6H3;2*7H,1-6H3;5,7-8H,6H2,1-4H3;7-8H,5-6H2,1-4H3. The van der Waals surface area contributed by atoms with Crippen LogP contribution in [0.3, 0.4) is 0 Å². The van der Waals surface area contributed by atoms with Crippen molar-refractivity contribution in [2.75, 3.05) is 13.1 Å². The highest BCUT2D eigenvalue weighted by Gasteiger charge is 2.39. The lowest BCUT2D eigenvalue weighted by molar-refractivity contribution is -0.153. The second kappa shape index (κ2) is 29.3. The van der Waals surface area contributed by atoms with E-state index in [0.29, 0.717) is 23.3 Å². The number of fused-ring (bicyclic) bond motifs is 5. The maximum atomic E-state index is 12.2. The fourth-order valence-electron chi connectivity index (χ4n) is 9.85. The summed E-state index contributed by atoms with van der Waals surface area (Å²) in [6, 6.07) is 15.6. The van der Waals surface area contributed by atoms with Gasteiger partial charge in [0.25, 0.3) is 0 Å². The summed E-state index contributed by atoms with van der Waals surface area (Å²) in [6.07, 6.45) is 1.05. The zero-order chi connectivity index (χ0) is 71.3. The number of carbonyl (C=O) groups excluding carboxylic acids is 2. The van der Waals surface area contributed by atoms with Crippen LogP contribution < -0.4 is 0 Å². The summed E-state index contributed by atoms with van der Waals surface area (Å²) in [5.41, 5.74) is 7.81. The van der Waals surface area contributed by atoms with Gasteiger partial charge in [-0.3, -0.25) is 9.59 Å². The quantitative estimate of drug-likeness (QED) is 0.181. The molecule has 520 valence electrons. The average Bonchev–Trinajstić information content (AvgIpc) is 1.61.